The Kier molecular flexibility index (Phi) is 1.63. The van der Waals surface area contributed by atoms with Crippen LogP contribution in [0.3, 0.4) is 0 Å². The molecule has 0 aliphatic rings. The summed E-state index contributed by atoms with van der Waals surface area (Å²) in [7, 11) is 0. The predicted octanol–water partition coefficient (Wildman–Crippen LogP) is 1.02. The average molecular weight is 177 g/mol. The fraction of sp³-hybridized carbons (Fsp3) is 0. The normalized spacial score (nSPS) is 10.2. The molecular weight excluding hydrogens is 170 g/mol. The summed E-state index contributed by atoms with van der Waals surface area (Å²) in [6, 6.07) is 5.21. The number of H-pyrrole nitrogens is 1. The SMILES string of the molecule is NC(=O)Oc1cccc2[nH]cnc12. The summed E-state index contributed by atoms with van der Waals surface area (Å²) in [6.45, 7) is 0. The van der Waals surface area contributed by atoms with Crippen LogP contribution < -0.4 is 10.5 Å². The lowest BCUT2D eigenvalue weighted by Gasteiger charge is -1.99. The van der Waals surface area contributed by atoms with Crippen LogP contribution in [-0.4, -0.2) is 16.1 Å². The van der Waals surface area contributed by atoms with Crippen LogP contribution in [0, 0.1) is 0 Å². The van der Waals surface area contributed by atoms with E-state index in [1.807, 2.05) is 6.07 Å². The van der Waals surface area contributed by atoms with Crippen LogP contribution in [0.5, 0.6) is 5.75 Å². The number of hydrogen-bond donors (Lipinski definition) is 2. The number of nitrogens with zero attached hydrogens (tertiary/aromatic N) is 1. The molecule has 66 valence electrons. The van der Waals surface area contributed by atoms with Gasteiger partial charge in [-0.1, -0.05) is 6.07 Å². The van der Waals surface area contributed by atoms with E-state index in [0.29, 0.717) is 11.3 Å². The quantitative estimate of drug-likeness (QED) is 0.682. The molecule has 3 N–H and O–H groups in total. The number of para-hydroxylation sites is 1. The van der Waals surface area contributed by atoms with Crippen molar-refractivity contribution in [3.8, 4) is 5.75 Å². The van der Waals surface area contributed by atoms with Crippen molar-refractivity contribution < 1.29 is 9.53 Å². The fourth-order valence-electron chi connectivity index (χ4n) is 1.13. The minimum Gasteiger partial charge on any atom is -0.408 e. The van der Waals surface area contributed by atoms with E-state index in [2.05, 4.69) is 9.97 Å². The number of aromatic amines is 1. The van der Waals surface area contributed by atoms with Gasteiger partial charge in [-0.25, -0.2) is 9.78 Å². The fourth-order valence-corrected chi connectivity index (χ4v) is 1.13. The van der Waals surface area contributed by atoms with E-state index in [-0.39, 0.29) is 0 Å². The highest BCUT2D eigenvalue weighted by Gasteiger charge is 2.05. The molecule has 1 amide bonds. The number of primary amides is 1. The third-order valence-corrected chi connectivity index (χ3v) is 1.62. The monoisotopic (exact) mass is 177 g/mol. The Morgan fingerprint density at radius 3 is 3.15 bits per heavy atom. The molecule has 13 heavy (non-hydrogen) atoms. The predicted molar refractivity (Wildman–Crippen MR) is 46.3 cm³/mol. The van der Waals surface area contributed by atoms with E-state index >= 15 is 0 Å². The lowest BCUT2D eigenvalue weighted by Crippen LogP contribution is -2.16. The smallest absolute Gasteiger partial charge is 0.408 e. The number of ether oxygens (including phenoxy) is 1. The third kappa shape index (κ3) is 1.31. The molecule has 0 aliphatic heterocycles. The van der Waals surface area contributed by atoms with E-state index in [0.717, 1.165) is 5.52 Å². The minimum atomic E-state index is -0.837. The molecule has 0 saturated carbocycles. The second-order valence-corrected chi connectivity index (χ2v) is 2.48. The summed E-state index contributed by atoms with van der Waals surface area (Å²) < 4.78 is 4.74. The molecule has 5 heteroatoms. The summed E-state index contributed by atoms with van der Waals surface area (Å²) >= 11 is 0. The molecule has 1 heterocycles. The first-order chi connectivity index (χ1) is 6.27. The maximum absolute atomic E-state index is 10.5. The number of aromatic nitrogens is 2. The molecule has 5 nitrogen and oxygen atoms in total. The molecule has 0 fully saturated rings. The molecule has 0 unspecified atom stereocenters. The average Bonchev–Trinajstić information content (AvgIpc) is 2.51. The molecule has 0 radical (unpaired) electrons. The van der Waals surface area contributed by atoms with Crippen molar-refractivity contribution in [3.05, 3.63) is 24.5 Å². The first-order valence-corrected chi connectivity index (χ1v) is 3.67. The van der Waals surface area contributed by atoms with Gasteiger partial charge in [0, 0.05) is 0 Å². The zero-order chi connectivity index (χ0) is 9.26. The second kappa shape index (κ2) is 2.78. The van der Waals surface area contributed by atoms with Crippen LogP contribution in [0.25, 0.3) is 11.0 Å². The number of nitrogens with one attached hydrogen (secondary N) is 1. The Hall–Kier alpha value is -2.04. The number of imidazole rings is 1. The molecule has 2 aromatic rings. The summed E-state index contributed by atoms with van der Waals surface area (Å²) in [5.74, 6) is 0.367. The van der Waals surface area contributed by atoms with Crippen LogP contribution in [0.15, 0.2) is 24.5 Å². The van der Waals surface area contributed by atoms with E-state index in [4.69, 9.17) is 10.5 Å². The van der Waals surface area contributed by atoms with Crippen LogP contribution in [0.4, 0.5) is 4.79 Å². The van der Waals surface area contributed by atoms with Crippen LogP contribution in [0.2, 0.25) is 0 Å². The minimum absolute atomic E-state index is 0.367. The summed E-state index contributed by atoms with van der Waals surface area (Å²) in [5.41, 5.74) is 6.29. The van der Waals surface area contributed by atoms with Crippen molar-refractivity contribution in [2.45, 2.75) is 0 Å². The van der Waals surface area contributed by atoms with Gasteiger partial charge in [0.25, 0.3) is 0 Å². The summed E-state index contributed by atoms with van der Waals surface area (Å²) in [4.78, 5) is 17.4. The number of carbonyl (C=O) groups excluding carboxylic acids is 1. The zero-order valence-electron chi connectivity index (χ0n) is 6.65. The second-order valence-electron chi connectivity index (χ2n) is 2.48. The number of amides is 1. The van der Waals surface area contributed by atoms with Gasteiger partial charge in [-0.3, -0.25) is 0 Å². The van der Waals surface area contributed by atoms with Gasteiger partial charge in [0.15, 0.2) is 5.75 Å². The molecule has 0 aliphatic carbocycles. The first kappa shape index (κ1) is 7.60. The number of hydrogen-bond acceptors (Lipinski definition) is 3. The maximum Gasteiger partial charge on any atom is 0.410 e. The van der Waals surface area contributed by atoms with Gasteiger partial charge < -0.3 is 15.5 Å². The molecule has 0 spiro atoms. The van der Waals surface area contributed by atoms with Gasteiger partial charge in [-0.2, -0.15) is 0 Å². The molecule has 1 aromatic carbocycles. The van der Waals surface area contributed by atoms with E-state index in [1.54, 1.807) is 12.1 Å². The van der Waals surface area contributed by atoms with Crippen molar-refractivity contribution in [1.82, 2.24) is 9.97 Å². The highest BCUT2D eigenvalue weighted by atomic mass is 16.5. The van der Waals surface area contributed by atoms with E-state index < -0.39 is 6.09 Å². The Balaban J connectivity index is 2.54. The number of rotatable bonds is 1. The zero-order valence-corrected chi connectivity index (χ0v) is 6.65. The summed E-state index contributed by atoms with van der Waals surface area (Å²) in [6.07, 6.45) is 0.689. The number of carbonyl (C=O) groups is 1. The van der Waals surface area contributed by atoms with Crippen molar-refractivity contribution in [1.29, 1.82) is 0 Å². The highest BCUT2D eigenvalue weighted by Crippen LogP contribution is 2.21. The van der Waals surface area contributed by atoms with Crippen LogP contribution >= 0.6 is 0 Å². The van der Waals surface area contributed by atoms with Crippen molar-refractivity contribution >= 4 is 17.1 Å². The molecular formula is C8H7N3O2. The van der Waals surface area contributed by atoms with Gasteiger partial charge in [0.2, 0.25) is 0 Å². The number of nitrogens with two attached hydrogens (primary N) is 1. The standard InChI is InChI=1S/C8H7N3O2/c9-8(12)13-6-3-1-2-5-7(6)11-4-10-5/h1-4H,(H2,9,12)(H,10,11). The Morgan fingerprint density at radius 1 is 1.54 bits per heavy atom. The van der Waals surface area contributed by atoms with Crippen molar-refractivity contribution in [2.75, 3.05) is 0 Å². The van der Waals surface area contributed by atoms with Gasteiger partial charge in [0.1, 0.15) is 5.52 Å². The van der Waals surface area contributed by atoms with Crippen LogP contribution in [0.1, 0.15) is 0 Å². The van der Waals surface area contributed by atoms with Gasteiger partial charge in [0.05, 0.1) is 11.8 Å². The lowest BCUT2D eigenvalue weighted by atomic mass is 10.3. The van der Waals surface area contributed by atoms with Gasteiger partial charge in [-0.05, 0) is 12.1 Å². The first-order valence-electron chi connectivity index (χ1n) is 3.67. The molecule has 0 bridgehead atoms. The topological polar surface area (TPSA) is 81.0 Å². The Labute approximate surface area is 73.5 Å². The van der Waals surface area contributed by atoms with E-state index in [9.17, 15) is 4.79 Å². The van der Waals surface area contributed by atoms with Gasteiger partial charge in [-0.15, -0.1) is 0 Å². The molecule has 0 saturated heterocycles. The van der Waals surface area contributed by atoms with Crippen LogP contribution in [-0.2, 0) is 0 Å². The molecule has 2 rings (SSSR count). The Morgan fingerprint density at radius 2 is 2.38 bits per heavy atom. The lowest BCUT2D eigenvalue weighted by molar-refractivity contribution is 0.211. The maximum atomic E-state index is 10.5. The van der Waals surface area contributed by atoms with Crippen molar-refractivity contribution in [2.24, 2.45) is 5.73 Å². The Bertz CT molecular complexity index is 449. The third-order valence-electron chi connectivity index (χ3n) is 1.62. The highest BCUT2D eigenvalue weighted by molar-refractivity contribution is 5.83. The van der Waals surface area contributed by atoms with Crippen molar-refractivity contribution in [3.63, 3.8) is 0 Å². The number of fused-ring (bicyclic) bond motifs is 1. The largest absolute Gasteiger partial charge is 0.410 e. The van der Waals surface area contributed by atoms with Gasteiger partial charge >= 0.3 is 6.09 Å². The molecule has 0 atom stereocenters. The summed E-state index contributed by atoms with van der Waals surface area (Å²) in [5, 5.41) is 0. The number of benzene rings is 1. The van der Waals surface area contributed by atoms with E-state index in [1.165, 1.54) is 6.33 Å². The molecule has 1 aromatic heterocycles.